The monoisotopic (exact) mass is 375 g/mol. The minimum absolute atomic E-state index is 0.00244. The summed E-state index contributed by atoms with van der Waals surface area (Å²) >= 11 is 0. The topological polar surface area (TPSA) is 47.0 Å². The van der Waals surface area contributed by atoms with E-state index in [1.807, 2.05) is 0 Å². The van der Waals surface area contributed by atoms with Crippen molar-refractivity contribution in [2.45, 2.75) is 26.2 Å². The summed E-state index contributed by atoms with van der Waals surface area (Å²) in [7, 11) is 0. The van der Waals surface area contributed by atoms with Gasteiger partial charge >= 0.3 is 12.4 Å². The molecular weight excluding hydrogens is 364 g/mol. The van der Waals surface area contributed by atoms with Crippen LogP contribution in [0, 0.1) is 0 Å². The number of rotatable bonds is 3. The summed E-state index contributed by atoms with van der Waals surface area (Å²) in [6.45, 7) is 2.23. The van der Waals surface area contributed by atoms with E-state index >= 15 is 0 Å². The van der Waals surface area contributed by atoms with Crippen LogP contribution in [0.1, 0.15) is 46.0 Å². The number of pyridine rings is 1. The summed E-state index contributed by atoms with van der Waals surface area (Å²) in [6, 6.07) is 3.15. The van der Waals surface area contributed by atoms with Gasteiger partial charge in [-0.05, 0) is 41.5 Å². The number of ketones is 2. The molecule has 0 unspecified atom stereocenters. The number of nitrogens with zero attached hydrogens (tertiary/aromatic N) is 1. The van der Waals surface area contributed by atoms with E-state index in [2.05, 4.69) is 4.98 Å². The molecule has 0 N–H and O–H groups in total. The van der Waals surface area contributed by atoms with Crippen LogP contribution in [0.2, 0.25) is 0 Å². The number of halogens is 6. The van der Waals surface area contributed by atoms with Gasteiger partial charge in [-0.1, -0.05) is 0 Å². The minimum Gasteiger partial charge on any atom is -0.293 e. The molecule has 138 valence electrons. The minimum atomic E-state index is -5.00. The van der Waals surface area contributed by atoms with Gasteiger partial charge in [-0.3, -0.25) is 9.59 Å². The Bertz CT molecular complexity index is 819. The van der Waals surface area contributed by atoms with E-state index in [9.17, 15) is 35.9 Å². The molecular formula is C17H11F6NO2. The Kier molecular flexibility index (Phi) is 4.94. The third-order valence-electron chi connectivity index (χ3n) is 3.47. The van der Waals surface area contributed by atoms with Gasteiger partial charge < -0.3 is 0 Å². The second-order valence-electron chi connectivity index (χ2n) is 5.53. The third kappa shape index (κ3) is 4.27. The van der Waals surface area contributed by atoms with Crippen molar-refractivity contribution in [2.24, 2.45) is 0 Å². The van der Waals surface area contributed by atoms with Crippen LogP contribution in [0.4, 0.5) is 26.3 Å². The summed E-state index contributed by atoms with van der Waals surface area (Å²) < 4.78 is 77.9. The van der Waals surface area contributed by atoms with Gasteiger partial charge in [0.1, 0.15) is 11.4 Å². The maximum atomic E-state index is 13.0. The highest BCUT2D eigenvalue weighted by Gasteiger charge is 2.37. The Hall–Kier alpha value is -2.71. The molecule has 0 radical (unpaired) electrons. The first-order valence-corrected chi connectivity index (χ1v) is 7.13. The first kappa shape index (κ1) is 19.6. The van der Waals surface area contributed by atoms with E-state index in [1.54, 1.807) is 0 Å². The SMILES string of the molecule is CC(=O)c1cc(-c2cc(C(F)(F)F)cc(C(F)(F)F)c2)cc(C(C)=O)n1. The van der Waals surface area contributed by atoms with Gasteiger partial charge in [-0.25, -0.2) is 4.98 Å². The number of carbonyl (C=O) groups excluding carboxylic acids is 2. The molecule has 0 aliphatic carbocycles. The van der Waals surface area contributed by atoms with E-state index in [0.29, 0.717) is 12.1 Å². The average molecular weight is 375 g/mol. The van der Waals surface area contributed by atoms with Crippen molar-refractivity contribution >= 4 is 11.6 Å². The van der Waals surface area contributed by atoms with Crippen LogP contribution >= 0.6 is 0 Å². The molecule has 9 heteroatoms. The molecule has 0 bridgehead atoms. The zero-order chi connectivity index (χ0) is 19.9. The molecule has 26 heavy (non-hydrogen) atoms. The van der Waals surface area contributed by atoms with Gasteiger partial charge in [0.05, 0.1) is 11.1 Å². The zero-order valence-electron chi connectivity index (χ0n) is 13.4. The number of benzene rings is 1. The maximum absolute atomic E-state index is 13.0. The van der Waals surface area contributed by atoms with Crippen LogP contribution in [0.25, 0.3) is 11.1 Å². The predicted octanol–water partition coefficient (Wildman–Crippen LogP) is 5.19. The van der Waals surface area contributed by atoms with Crippen LogP contribution in [0.15, 0.2) is 30.3 Å². The van der Waals surface area contributed by atoms with Crippen LogP contribution < -0.4 is 0 Å². The van der Waals surface area contributed by atoms with Crippen molar-refractivity contribution in [1.82, 2.24) is 4.98 Å². The molecule has 1 aromatic carbocycles. The third-order valence-corrected chi connectivity index (χ3v) is 3.47. The van der Waals surface area contributed by atoms with E-state index < -0.39 is 40.6 Å². The zero-order valence-corrected chi connectivity index (χ0v) is 13.4. The lowest BCUT2D eigenvalue weighted by atomic mass is 9.97. The van der Waals surface area contributed by atoms with Crippen molar-refractivity contribution in [3.05, 3.63) is 52.8 Å². The molecule has 0 spiro atoms. The lowest BCUT2D eigenvalue weighted by Gasteiger charge is -2.15. The lowest BCUT2D eigenvalue weighted by Crippen LogP contribution is -2.11. The number of hydrogen-bond donors (Lipinski definition) is 0. The molecule has 1 heterocycles. The second kappa shape index (κ2) is 6.54. The summed E-state index contributed by atoms with van der Waals surface area (Å²) in [5.74, 6) is -1.17. The van der Waals surface area contributed by atoms with Crippen molar-refractivity contribution in [3.8, 4) is 11.1 Å². The van der Waals surface area contributed by atoms with E-state index in [4.69, 9.17) is 0 Å². The number of carbonyl (C=O) groups is 2. The summed E-state index contributed by atoms with van der Waals surface area (Å²) in [6.07, 6.45) is -10.0. The van der Waals surface area contributed by atoms with Crippen molar-refractivity contribution in [1.29, 1.82) is 0 Å². The highest BCUT2D eigenvalue weighted by atomic mass is 19.4. The molecule has 0 aliphatic rings. The Morgan fingerprint density at radius 2 is 1.04 bits per heavy atom. The predicted molar refractivity (Wildman–Crippen MR) is 79.7 cm³/mol. The molecule has 0 aliphatic heterocycles. The van der Waals surface area contributed by atoms with Gasteiger partial charge in [-0.15, -0.1) is 0 Å². The molecule has 2 rings (SSSR count). The average Bonchev–Trinajstić information content (AvgIpc) is 2.52. The lowest BCUT2D eigenvalue weighted by molar-refractivity contribution is -0.143. The normalized spacial score (nSPS) is 12.2. The van der Waals surface area contributed by atoms with Gasteiger partial charge in [0.15, 0.2) is 11.6 Å². The number of alkyl halides is 6. The Balaban J connectivity index is 2.78. The summed E-state index contributed by atoms with van der Waals surface area (Å²) in [5, 5.41) is 0. The second-order valence-corrected chi connectivity index (χ2v) is 5.53. The first-order chi connectivity index (χ1) is 11.8. The Morgan fingerprint density at radius 3 is 1.35 bits per heavy atom. The molecule has 3 nitrogen and oxygen atoms in total. The van der Waals surface area contributed by atoms with E-state index in [1.165, 1.54) is 0 Å². The molecule has 0 fully saturated rings. The number of hydrogen-bond acceptors (Lipinski definition) is 3. The standard InChI is InChI=1S/C17H11F6NO2/c1-8(25)14-5-11(6-15(24-14)9(2)26)10-3-12(16(18,19)20)7-13(4-10)17(21,22)23/h3-7H,1-2H3. The van der Waals surface area contributed by atoms with Crippen molar-refractivity contribution in [3.63, 3.8) is 0 Å². The Labute approximate surface area is 143 Å². The summed E-state index contributed by atoms with van der Waals surface area (Å²) in [4.78, 5) is 26.8. The van der Waals surface area contributed by atoms with Gasteiger partial charge in [0.25, 0.3) is 0 Å². The molecule has 1 aromatic heterocycles. The van der Waals surface area contributed by atoms with E-state index in [0.717, 1.165) is 26.0 Å². The Morgan fingerprint density at radius 1 is 0.692 bits per heavy atom. The summed E-state index contributed by atoms with van der Waals surface area (Å²) in [5.41, 5.74) is -4.04. The highest BCUT2D eigenvalue weighted by Crippen LogP contribution is 2.38. The maximum Gasteiger partial charge on any atom is 0.416 e. The quantitative estimate of drug-likeness (QED) is 0.548. The fourth-order valence-corrected chi connectivity index (χ4v) is 2.18. The van der Waals surface area contributed by atoms with Gasteiger partial charge in [0, 0.05) is 13.8 Å². The molecule has 0 atom stereocenters. The fraction of sp³-hybridized carbons (Fsp3) is 0.235. The van der Waals surface area contributed by atoms with Crippen molar-refractivity contribution < 1.29 is 35.9 Å². The largest absolute Gasteiger partial charge is 0.416 e. The van der Waals surface area contributed by atoms with Crippen LogP contribution in [0.5, 0.6) is 0 Å². The smallest absolute Gasteiger partial charge is 0.293 e. The molecule has 0 saturated heterocycles. The first-order valence-electron chi connectivity index (χ1n) is 7.13. The molecule has 0 saturated carbocycles. The van der Waals surface area contributed by atoms with Crippen LogP contribution in [-0.2, 0) is 12.4 Å². The van der Waals surface area contributed by atoms with Gasteiger partial charge in [0.2, 0.25) is 0 Å². The van der Waals surface area contributed by atoms with Crippen molar-refractivity contribution in [2.75, 3.05) is 0 Å². The number of aromatic nitrogens is 1. The van der Waals surface area contributed by atoms with Crippen LogP contribution in [-0.4, -0.2) is 16.6 Å². The van der Waals surface area contributed by atoms with Crippen LogP contribution in [0.3, 0.4) is 0 Å². The van der Waals surface area contributed by atoms with Gasteiger partial charge in [-0.2, -0.15) is 26.3 Å². The molecule has 0 amide bonds. The molecule has 2 aromatic rings. The number of Topliss-reactive ketones (excluding diaryl/α,β-unsaturated/α-hetero) is 2. The highest BCUT2D eigenvalue weighted by molar-refractivity contribution is 5.98. The van der Waals surface area contributed by atoms with E-state index in [-0.39, 0.29) is 23.0 Å². The fourth-order valence-electron chi connectivity index (χ4n) is 2.18.